The monoisotopic (exact) mass is 936 g/mol. The van der Waals surface area contributed by atoms with Gasteiger partial charge in [0.25, 0.3) is 11.4 Å². The second kappa shape index (κ2) is 21.8. The molecule has 15 heteroatoms. The number of hydrogen-bond acceptors (Lipinski definition) is 12. The van der Waals surface area contributed by atoms with Crippen molar-refractivity contribution in [3.05, 3.63) is 176 Å². The summed E-state index contributed by atoms with van der Waals surface area (Å²) in [7, 11) is 1.68. The Labute approximate surface area is 400 Å². The van der Waals surface area contributed by atoms with Crippen LogP contribution in [-0.4, -0.2) is 75.3 Å². The Balaban J connectivity index is 1.27. The summed E-state index contributed by atoms with van der Waals surface area (Å²) < 4.78 is 20.9. The van der Waals surface area contributed by atoms with E-state index in [0.717, 1.165) is 47.6 Å². The number of non-ortho nitro benzene ring substituents is 2. The first-order valence-electron chi connectivity index (χ1n) is 23.3. The maximum Gasteiger partial charge on any atom is 0.269 e. The van der Waals surface area contributed by atoms with E-state index in [4.69, 9.17) is 24.2 Å². The third kappa shape index (κ3) is 10.6. The summed E-state index contributed by atoms with van der Waals surface area (Å²) in [6.07, 6.45) is 11.3. The zero-order valence-electron chi connectivity index (χ0n) is 38.4. The minimum atomic E-state index is -1.51. The number of hydrogen-bond donors (Lipinski definition) is 2. The summed E-state index contributed by atoms with van der Waals surface area (Å²) in [5.41, 5.74) is 3.44. The van der Waals surface area contributed by atoms with Gasteiger partial charge < -0.3 is 34.2 Å². The smallest absolute Gasteiger partial charge is 0.269 e. The first-order valence-corrected chi connectivity index (χ1v) is 23.3. The van der Waals surface area contributed by atoms with E-state index in [9.17, 15) is 35.2 Å². The second-order valence-electron chi connectivity index (χ2n) is 17.7. The number of likely N-dealkylation sites (N-methyl/N-ethyl adjacent to an activating group) is 1. The topological polar surface area (TPSA) is 196 Å². The lowest BCUT2D eigenvalue weighted by Gasteiger charge is -2.59. The maximum absolute atomic E-state index is 14.5. The van der Waals surface area contributed by atoms with Crippen molar-refractivity contribution in [3.63, 3.8) is 0 Å². The molecule has 0 bridgehead atoms. The molecule has 1 aliphatic heterocycles. The summed E-state index contributed by atoms with van der Waals surface area (Å²) in [5.74, 6) is -0.992. The molecular weight excluding hydrogens is 881 g/mol. The Morgan fingerprint density at radius 1 is 0.870 bits per heavy atom. The Bertz CT molecular complexity index is 2760. The summed E-state index contributed by atoms with van der Waals surface area (Å²) in [6, 6.07) is 31.0. The lowest BCUT2D eigenvalue weighted by molar-refractivity contribution is -0.385. The van der Waals surface area contributed by atoms with Crippen molar-refractivity contribution in [1.29, 1.82) is 0 Å². The van der Waals surface area contributed by atoms with Crippen LogP contribution in [0.25, 0.3) is 16.8 Å². The Hall–Kier alpha value is -7.20. The number of unbranched alkanes of at least 4 members (excludes halogenated alkanes) is 2. The van der Waals surface area contributed by atoms with Crippen LogP contribution < -0.4 is 9.47 Å². The van der Waals surface area contributed by atoms with Crippen molar-refractivity contribution in [2.75, 3.05) is 26.9 Å². The highest BCUT2D eigenvalue weighted by Crippen LogP contribution is 2.62. The van der Waals surface area contributed by atoms with Crippen molar-refractivity contribution in [2.24, 2.45) is 22.9 Å². The Morgan fingerprint density at radius 2 is 1.54 bits per heavy atom. The molecule has 1 fully saturated rings. The molecule has 5 aromatic rings. The molecule has 0 saturated heterocycles. The fourth-order valence-electron chi connectivity index (χ4n) is 10.2. The number of aliphatic hydroxyl groups excluding tert-OH is 2. The van der Waals surface area contributed by atoms with Crippen LogP contribution in [0.1, 0.15) is 67.6 Å². The number of nitrogens with zero attached hydrogens (tertiary/aromatic N) is 4. The Morgan fingerprint density at radius 3 is 2.23 bits per heavy atom. The molecule has 1 heterocycles. The number of fused-ring (bicyclic) bond motifs is 3. The number of amides is 1. The summed E-state index contributed by atoms with van der Waals surface area (Å²) in [4.78, 5) is 44.0. The first-order chi connectivity index (χ1) is 33.5. The van der Waals surface area contributed by atoms with Gasteiger partial charge in [0.15, 0.2) is 0 Å². The molecule has 0 unspecified atom stereocenters. The normalized spacial score (nSPS) is 22.0. The van der Waals surface area contributed by atoms with E-state index in [-0.39, 0.29) is 67.9 Å². The molecule has 0 spiro atoms. The number of allylic oxidation sites excluding steroid dienone is 1. The SMILES string of the molecule is C=CCO[C@@]12Oc3ccc(Oc4ccc5ccccc5c4)cc3[C@H]3[C@H](CCCCO)[C@@H](CCCCO)C=C(C(=NOCc4ccc([N+](=O)[O-])cc4)C[C@@H]1N(C)C(=O)C=Cc1ccc([N+](=O)[O-])cc1)[C@H]32. The number of carbonyl (C=O) groups is 1. The van der Waals surface area contributed by atoms with Crippen LogP contribution >= 0.6 is 0 Å². The van der Waals surface area contributed by atoms with Crippen LogP contribution in [0.5, 0.6) is 17.2 Å². The number of rotatable bonds is 21. The average molecular weight is 937 g/mol. The highest BCUT2D eigenvalue weighted by molar-refractivity contribution is 6.03. The molecule has 0 radical (unpaired) electrons. The van der Waals surface area contributed by atoms with Crippen LogP contribution in [0.2, 0.25) is 0 Å². The quantitative estimate of drug-likeness (QED) is 0.0233. The lowest BCUT2D eigenvalue weighted by atomic mass is 9.55. The number of carbonyl (C=O) groups excluding carboxylic acids is 1. The molecule has 1 amide bonds. The summed E-state index contributed by atoms with van der Waals surface area (Å²) in [6.45, 7) is 4.18. The molecule has 69 heavy (non-hydrogen) atoms. The molecule has 1 saturated carbocycles. The second-order valence-corrected chi connectivity index (χ2v) is 17.7. The van der Waals surface area contributed by atoms with Gasteiger partial charge in [0.2, 0.25) is 11.7 Å². The Kier molecular flexibility index (Phi) is 15.3. The fourth-order valence-corrected chi connectivity index (χ4v) is 10.2. The van der Waals surface area contributed by atoms with Crippen LogP contribution in [0.4, 0.5) is 11.4 Å². The van der Waals surface area contributed by atoms with Crippen molar-refractivity contribution in [2.45, 2.75) is 69.3 Å². The number of benzene rings is 5. The largest absolute Gasteiger partial charge is 0.459 e. The zero-order chi connectivity index (χ0) is 48.5. The predicted octanol–water partition coefficient (Wildman–Crippen LogP) is 10.5. The van der Waals surface area contributed by atoms with Gasteiger partial charge in [0, 0.05) is 68.5 Å². The fraction of sp³-hybridized carbons (Fsp3) is 0.333. The van der Waals surface area contributed by atoms with Crippen molar-refractivity contribution in [3.8, 4) is 17.2 Å². The summed E-state index contributed by atoms with van der Waals surface area (Å²) >= 11 is 0. The van der Waals surface area contributed by atoms with Gasteiger partial charge in [-0.05, 0) is 126 Å². The van der Waals surface area contributed by atoms with Gasteiger partial charge in [-0.15, -0.1) is 6.58 Å². The highest BCUT2D eigenvalue weighted by Gasteiger charge is 2.65. The number of aliphatic hydroxyl groups is 2. The minimum Gasteiger partial charge on any atom is -0.459 e. The van der Waals surface area contributed by atoms with Gasteiger partial charge in [-0.1, -0.05) is 60.5 Å². The van der Waals surface area contributed by atoms with Gasteiger partial charge in [-0.25, -0.2) is 0 Å². The molecule has 0 aromatic heterocycles. The molecule has 2 aliphatic carbocycles. The van der Waals surface area contributed by atoms with Gasteiger partial charge in [0.05, 0.1) is 28.1 Å². The van der Waals surface area contributed by atoms with Crippen LogP contribution in [0.3, 0.4) is 0 Å². The number of oxime groups is 1. The third-order valence-corrected chi connectivity index (χ3v) is 13.5. The van der Waals surface area contributed by atoms with E-state index < -0.39 is 27.6 Å². The predicted molar refractivity (Wildman–Crippen MR) is 262 cm³/mol. The van der Waals surface area contributed by atoms with Crippen LogP contribution in [0.15, 0.2) is 145 Å². The molecular formula is C54H56N4O11. The maximum atomic E-state index is 14.5. The summed E-state index contributed by atoms with van der Waals surface area (Å²) in [5, 5.41) is 49.6. The third-order valence-electron chi connectivity index (χ3n) is 13.5. The van der Waals surface area contributed by atoms with Crippen molar-refractivity contribution >= 4 is 39.8 Å². The van der Waals surface area contributed by atoms with Crippen LogP contribution in [0, 0.1) is 38.0 Å². The lowest BCUT2D eigenvalue weighted by Crippen LogP contribution is -2.69. The minimum absolute atomic E-state index is 0.0108. The van der Waals surface area contributed by atoms with Crippen molar-refractivity contribution < 1.29 is 43.9 Å². The first kappa shape index (κ1) is 48.3. The molecule has 2 N–H and O–H groups in total. The van der Waals surface area contributed by atoms with Crippen LogP contribution in [-0.2, 0) is 21.0 Å². The number of nitro benzene ring substituents is 2. The van der Waals surface area contributed by atoms with E-state index >= 15 is 0 Å². The molecule has 15 nitrogen and oxygen atoms in total. The van der Waals surface area contributed by atoms with Gasteiger partial charge >= 0.3 is 0 Å². The van der Waals surface area contributed by atoms with E-state index in [2.05, 4.69) is 12.7 Å². The van der Waals surface area contributed by atoms with Gasteiger partial charge in [-0.3, -0.25) is 25.0 Å². The molecule has 6 atom stereocenters. The molecule has 5 aromatic carbocycles. The number of nitro groups is 2. The van der Waals surface area contributed by atoms with E-state index in [1.165, 1.54) is 30.3 Å². The average Bonchev–Trinajstić information content (AvgIpc) is 3.36. The van der Waals surface area contributed by atoms with E-state index in [0.29, 0.717) is 46.9 Å². The molecule has 358 valence electrons. The van der Waals surface area contributed by atoms with Crippen molar-refractivity contribution in [1.82, 2.24) is 4.90 Å². The zero-order valence-corrected chi connectivity index (χ0v) is 38.4. The van der Waals surface area contributed by atoms with E-state index in [1.807, 2.05) is 60.7 Å². The van der Waals surface area contributed by atoms with Gasteiger partial charge in [-0.2, -0.15) is 0 Å². The molecule has 8 rings (SSSR count). The highest BCUT2D eigenvalue weighted by atomic mass is 16.7. The number of ether oxygens (including phenoxy) is 3. The van der Waals surface area contributed by atoms with Gasteiger partial charge in [0.1, 0.15) is 29.9 Å². The van der Waals surface area contributed by atoms with E-state index in [1.54, 1.807) is 48.4 Å². The standard InChI is InChI=1S/C54H56N4O11/c1-3-30-66-54-50(56(2)51(61)27-18-36-14-20-41(21-15-36)57(62)63)34-48(55-67-35-37-16-22-42(23-17-37)58(64)65)46-32-40(12-6-8-28-59)45(13-7-9-29-60)52(53(46)54)47-33-44(25-26-49(47)69-54)68-43-24-19-38-10-4-5-11-39(38)31-43/h3-5,10-11,14-27,31-33,40,45,50,52-53,59-60H,1,6-9,12-13,28-30,34-35H2,2H3/t40-,45+,50-,52+,53+,54+/m0/s1. The molecule has 3 aliphatic rings.